The van der Waals surface area contributed by atoms with Crippen LogP contribution in [0, 0.1) is 0 Å². The summed E-state index contributed by atoms with van der Waals surface area (Å²) in [6, 6.07) is 81.5. The predicted molar refractivity (Wildman–Crippen MR) is 286 cm³/mol. The highest BCUT2D eigenvalue weighted by Crippen LogP contribution is 2.50. The van der Waals surface area contributed by atoms with Crippen LogP contribution in [0.4, 0.5) is 17.1 Å². The molecule has 2 heteroatoms. The average Bonchev–Trinajstić information content (AvgIpc) is 3.79. The van der Waals surface area contributed by atoms with Gasteiger partial charge in [-0.3, -0.25) is 0 Å². The highest BCUT2D eigenvalue weighted by molar-refractivity contribution is 7.26. The minimum absolute atomic E-state index is 0.606. The monoisotopic (exact) mass is 861 g/mol. The van der Waals surface area contributed by atoms with E-state index in [9.17, 15) is 0 Å². The molecule has 66 heavy (non-hydrogen) atoms. The minimum atomic E-state index is 0.606. The summed E-state index contributed by atoms with van der Waals surface area (Å²) in [6.07, 6.45) is 6.55. The second-order valence-corrected chi connectivity index (χ2v) is 19.3. The van der Waals surface area contributed by atoms with Gasteiger partial charge in [-0.05, 0) is 155 Å². The van der Waals surface area contributed by atoms with Crippen LogP contribution >= 0.6 is 11.3 Å². The molecule has 1 aliphatic rings. The van der Waals surface area contributed by atoms with E-state index in [0.29, 0.717) is 5.92 Å². The standard InChI is InChI=1S/C64H47NS/c1-2-13-45(14-3-1)60-41-53-17-7-9-20-58(53)62-59-22-11-23-61(63(59)66-64(60)62)65(55-36-32-46(33-37-55)57-21-10-18-44-15-6-8-19-56(44)57)54-34-30-43(31-35-54)48-26-27-51-40-52(29-28-50(51)39-48)49-25-24-42-12-4-5-16-47(42)38-49/h4-12,15-41,45H,1-3,13-14H2. The van der Waals surface area contributed by atoms with Crippen LogP contribution in [-0.2, 0) is 0 Å². The number of hydrogen-bond donors (Lipinski definition) is 0. The third-order valence-corrected chi connectivity index (χ3v) is 15.7. The quantitative estimate of drug-likeness (QED) is 0.154. The number of benzene rings is 11. The van der Waals surface area contributed by atoms with E-state index < -0.39 is 0 Å². The van der Waals surface area contributed by atoms with Crippen molar-refractivity contribution in [2.45, 2.75) is 38.0 Å². The average molecular weight is 862 g/mol. The van der Waals surface area contributed by atoms with Gasteiger partial charge in [0.05, 0.1) is 10.4 Å². The van der Waals surface area contributed by atoms with Gasteiger partial charge in [-0.15, -0.1) is 11.3 Å². The SMILES string of the molecule is c1ccc2cc(-c3ccc4cc(-c5ccc(N(c6ccc(-c7cccc8ccccc78)cc6)c6cccc7c6sc6c(C8CCCCC8)cc8ccccc8c67)cc5)ccc4c3)ccc2c1. The van der Waals surface area contributed by atoms with Crippen molar-refractivity contribution in [1.82, 2.24) is 0 Å². The van der Waals surface area contributed by atoms with Crippen LogP contribution in [0.5, 0.6) is 0 Å². The summed E-state index contributed by atoms with van der Waals surface area (Å²) in [5.41, 5.74) is 12.4. The lowest BCUT2D eigenvalue weighted by molar-refractivity contribution is 0.446. The molecule has 0 amide bonds. The topological polar surface area (TPSA) is 3.24 Å². The fourth-order valence-electron chi connectivity index (χ4n) is 11.0. The zero-order valence-corrected chi connectivity index (χ0v) is 37.6. The second kappa shape index (κ2) is 16.2. The molecule has 0 N–H and O–H groups in total. The van der Waals surface area contributed by atoms with E-state index in [1.807, 2.05) is 11.3 Å². The van der Waals surface area contributed by atoms with Crippen LogP contribution in [0.1, 0.15) is 43.6 Å². The molecule has 1 nitrogen and oxygen atoms in total. The van der Waals surface area contributed by atoms with E-state index in [0.717, 1.165) is 11.4 Å². The van der Waals surface area contributed by atoms with Crippen LogP contribution < -0.4 is 4.90 Å². The van der Waals surface area contributed by atoms with Crippen molar-refractivity contribution in [1.29, 1.82) is 0 Å². The van der Waals surface area contributed by atoms with E-state index in [1.165, 1.54) is 134 Å². The van der Waals surface area contributed by atoms with Crippen molar-refractivity contribution in [3.8, 4) is 33.4 Å². The van der Waals surface area contributed by atoms with Gasteiger partial charge in [-0.25, -0.2) is 0 Å². The van der Waals surface area contributed by atoms with Gasteiger partial charge in [0.25, 0.3) is 0 Å². The molecule has 0 atom stereocenters. The molecule has 1 aromatic heterocycles. The molecule has 0 radical (unpaired) electrons. The Bertz CT molecular complexity index is 3790. The van der Waals surface area contributed by atoms with Gasteiger partial charge in [0.1, 0.15) is 0 Å². The van der Waals surface area contributed by atoms with Crippen molar-refractivity contribution in [3.63, 3.8) is 0 Å². The lowest BCUT2D eigenvalue weighted by atomic mass is 9.82. The van der Waals surface area contributed by atoms with E-state index in [1.54, 1.807) is 5.56 Å². The largest absolute Gasteiger partial charge is 0.309 e. The first-order chi connectivity index (χ1) is 32.7. The van der Waals surface area contributed by atoms with E-state index in [-0.39, 0.29) is 0 Å². The van der Waals surface area contributed by atoms with Crippen molar-refractivity contribution in [2.75, 3.05) is 4.90 Å². The Morgan fingerprint density at radius 1 is 0.348 bits per heavy atom. The molecule has 12 aromatic rings. The molecule has 0 unspecified atom stereocenters. The highest BCUT2D eigenvalue weighted by Gasteiger charge is 2.24. The molecule has 1 heterocycles. The molecular formula is C64H47NS. The molecule has 0 spiro atoms. The number of rotatable bonds is 7. The maximum Gasteiger partial charge on any atom is 0.0640 e. The summed E-state index contributed by atoms with van der Waals surface area (Å²) in [6.45, 7) is 0. The van der Waals surface area contributed by atoms with Gasteiger partial charge in [0.2, 0.25) is 0 Å². The van der Waals surface area contributed by atoms with Crippen LogP contribution in [0.15, 0.2) is 218 Å². The van der Waals surface area contributed by atoms with Gasteiger partial charge in [0.15, 0.2) is 0 Å². The third-order valence-electron chi connectivity index (χ3n) is 14.4. The van der Waals surface area contributed by atoms with E-state index in [4.69, 9.17) is 0 Å². The molecule has 314 valence electrons. The predicted octanol–water partition coefficient (Wildman–Crippen LogP) is 19.2. The molecule has 0 saturated heterocycles. The van der Waals surface area contributed by atoms with Crippen molar-refractivity contribution >= 4 is 91.7 Å². The zero-order chi connectivity index (χ0) is 43.6. The molecule has 13 rings (SSSR count). The first-order valence-corrected chi connectivity index (χ1v) is 24.4. The Labute approximate surface area is 389 Å². The van der Waals surface area contributed by atoms with Gasteiger partial charge in [-0.2, -0.15) is 0 Å². The lowest BCUT2D eigenvalue weighted by Gasteiger charge is -2.26. The van der Waals surface area contributed by atoms with Gasteiger partial charge < -0.3 is 4.90 Å². The van der Waals surface area contributed by atoms with Crippen LogP contribution in [-0.4, -0.2) is 0 Å². The fraction of sp³-hybridized carbons (Fsp3) is 0.0938. The van der Waals surface area contributed by atoms with E-state index in [2.05, 4.69) is 223 Å². The molecule has 11 aromatic carbocycles. The van der Waals surface area contributed by atoms with Crippen molar-refractivity contribution < 1.29 is 0 Å². The summed E-state index contributed by atoms with van der Waals surface area (Å²) < 4.78 is 2.80. The molecule has 0 bridgehead atoms. The van der Waals surface area contributed by atoms with Crippen molar-refractivity contribution in [2.24, 2.45) is 0 Å². The van der Waals surface area contributed by atoms with Crippen molar-refractivity contribution in [3.05, 3.63) is 224 Å². The summed E-state index contributed by atoms with van der Waals surface area (Å²) in [5, 5.41) is 13.0. The third kappa shape index (κ3) is 6.75. The Morgan fingerprint density at radius 2 is 0.864 bits per heavy atom. The normalized spacial score (nSPS) is 13.4. The molecule has 1 saturated carbocycles. The first-order valence-electron chi connectivity index (χ1n) is 23.6. The number of anilines is 3. The number of thiophene rings is 1. The first kappa shape index (κ1) is 38.9. The molecule has 0 aliphatic heterocycles. The number of fused-ring (bicyclic) bond motifs is 8. The Balaban J connectivity index is 0.924. The van der Waals surface area contributed by atoms with Gasteiger partial charge in [-0.1, -0.05) is 183 Å². The molecule has 1 aliphatic carbocycles. The Hall–Kier alpha value is -7.52. The molecule has 1 fully saturated rings. The van der Waals surface area contributed by atoms with Crippen LogP contribution in [0.2, 0.25) is 0 Å². The smallest absolute Gasteiger partial charge is 0.0640 e. The second-order valence-electron chi connectivity index (χ2n) is 18.3. The van der Waals surface area contributed by atoms with Gasteiger partial charge >= 0.3 is 0 Å². The van der Waals surface area contributed by atoms with Gasteiger partial charge in [0, 0.05) is 26.8 Å². The fourth-order valence-corrected chi connectivity index (χ4v) is 12.4. The summed E-state index contributed by atoms with van der Waals surface area (Å²) in [4.78, 5) is 2.49. The Kier molecular flexibility index (Phi) is 9.53. The lowest BCUT2D eigenvalue weighted by Crippen LogP contribution is -2.10. The van der Waals surface area contributed by atoms with Crippen LogP contribution in [0.3, 0.4) is 0 Å². The van der Waals surface area contributed by atoms with Crippen LogP contribution in [0.25, 0.3) is 96.6 Å². The number of nitrogens with zero attached hydrogens (tertiary/aromatic N) is 1. The summed E-state index contributed by atoms with van der Waals surface area (Å²) in [5.74, 6) is 0.606. The highest BCUT2D eigenvalue weighted by atomic mass is 32.1. The maximum atomic E-state index is 2.53. The number of hydrogen-bond acceptors (Lipinski definition) is 2. The maximum absolute atomic E-state index is 2.53. The Morgan fingerprint density at radius 3 is 1.58 bits per heavy atom. The molecular weight excluding hydrogens is 815 g/mol. The summed E-state index contributed by atoms with van der Waals surface area (Å²) in [7, 11) is 0. The minimum Gasteiger partial charge on any atom is -0.309 e. The summed E-state index contributed by atoms with van der Waals surface area (Å²) >= 11 is 2.00. The zero-order valence-electron chi connectivity index (χ0n) is 36.8. The van der Waals surface area contributed by atoms with E-state index >= 15 is 0 Å².